The third-order valence-corrected chi connectivity index (χ3v) is 5.45. The number of amides is 3. The van der Waals surface area contributed by atoms with Crippen molar-refractivity contribution in [3.63, 3.8) is 0 Å². The molecule has 0 bridgehead atoms. The van der Waals surface area contributed by atoms with E-state index in [0.717, 1.165) is 31.6 Å². The third-order valence-electron chi connectivity index (χ3n) is 5.45. The molecule has 166 valence electrons. The molecule has 2 aromatic carbocycles. The molecule has 3 amide bonds. The second-order valence-electron chi connectivity index (χ2n) is 9.28. The van der Waals surface area contributed by atoms with Crippen LogP contribution in [0, 0.1) is 0 Å². The van der Waals surface area contributed by atoms with Crippen LogP contribution in [-0.2, 0) is 13.0 Å². The first-order chi connectivity index (χ1) is 14.7. The highest BCUT2D eigenvalue weighted by Gasteiger charge is 2.23. The Kier molecular flexibility index (Phi) is 6.88. The fourth-order valence-corrected chi connectivity index (χ4v) is 3.68. The molecule has 1 heterocycles. The molecule has 6 nitrogen and oxygen atoms in total. The standard InChI is InChI=1S/C25H34N4O2/c1-6-17(2)26-23(30)21-15-20(27-24(31)28-25(3,4)5)11-12-22(21)29-14-13-18-9-7-8-10-19(18)16-29/h7-12,15,17H,6,13-14,16H2,1-5H3,(H,26,30)(H2,27,28,31). The maximum absolute atomic E-state index is 13.1. The first kappa shape index (κ1) is 22.7. The van der Waals surface area contributed by atoms with Gasteiger partial charge in [-0.25, -0.2) is 4.79 Å². The first-order valence-electron chi connectivity index (χ1n) is 11.0. The number of urea groups is 1. The molecular weight excluding hydrogens is 388 g/mol. The summed E-state index contributed by atoms with van der Waals surface area (Å²) in [6.45, 7) is 11.4. The van der Waals surface area contributed by atoms with E-state index in [1.807, 2.05) is 46.8 Å². The van der Waals surface area contributed by atoms with Gasteiger partial charge in [-0.3, -0.25) is 4.79 Å². The van der Waals surface area contributed by atoms with Gasteiger partial charge in [0.15, 0.2) is 0 Å². The minimum absolute atomic E-state index is 0.0724. The second kappa shape index (κ2) is 9.41. The summed E-state index contributed by atoms with van der Waals surface area (Å²) in [5.74, 6) is -0.122. The molecule has 1 aliphatic rings. The van der Waals surface area contributed by atoms with E-state index in [4.69, 9.17) is 0 Å². The van der Waals surface area contributed by atoms with E-state index in [1.54, 1.807) is 6.07 Å². The van der Waals surface area contributed by atoms with Crippen LogP contribution < -0.4 is 20.9 Å². The summed E-state index contributed by atoms with van der Waals surface area (Å²) in [6.07, 6.45) is 1.79. The van der Waals surface area contributed by atoms with Crippen molar-refractivity contribution in [1.82, 2.24) is 10.6 Å². The summed E-state index contributed by atoms with van der Waals surface area (Å²) in [7, 11) is 0. The lowest BCUT2D eigenvalue weighted by atomic mass is 9.98. The number of hydrogen-bond acceptors (Lipinski definition) is 3. The van der Waals surface area contributed by atoms with E-state index in [9.17, 15) is 9.59 Å². The van der Waals surface area contributed by atoms with Crippen molar-refractivity contribution in [2.45, 2.75) is 65.6 Å². The van der Waals surface area contributed by atoms with Crippen LogP contribution in [0.3, 0.4) is 0 Å². The maximum atomic E-state index is 13.1. The normalized spacial score (nSPS) is 14.4. The van der Waals surface area contributed by atoms with Gasteiger partial charge in [0.05, 0.1) is 5.56 Å². The number of fused-ring (bicyclic) bond motifs is 1. The quantitative estimate of drug-likeness (QED) is 0.654. The third kappa shape index (κ3) is 6.00. The minimum Gasteiger partial charge on any atom is -0.366 e. The fourth-order valence-electron chi connectivity index (χ4n) is 3.68. The Hall–Kier alpha value is -3.02. The van der Waals surface area contributed by atoms with Crippen molar-refractivity contribution in [2.75, 3.05) is 16.8 Å². The molecule has 0 aromatic heterocycles. The van der Waals surface area contributed by atoms with Gasteiger partial charge in [-0.15, -0.1) is 0 Å². The Labute approximate surface area is 185 Å². The number of nitrogens with zero attached hydrogens (tertiary/aromatic N) is 1. The molecule has 0 fully saturated rings. The van der Waals surface area contributed by atoms with E-state index >= 15 is 0 Å². The molecule has 1 atom stereocenters. The van der Waals surface area contributed by atoms with Crippen LogP contribution in [-0.4, -0.2) is 30.1 Å². The number of anilines is 2. The monoisotopic (exact) mass is 422 g/mol. The van der Waals surface area contributed by atoms with Crippen LogP contribution in [0.1, 0.15) is 62.5 Å². The average Bonchev–Trinajstić information content (AvgIpc) is 2.71. The van der Waals surface area contributed by atoms with E-state index in [-0.39, 0.29) is 23.5 Å². The van der Waals surface area contributed by atoms with Crippen LogP contribution in [0.15, 0.2) is 42.5 Å². The predicted molar refractivity (Wildman–Crippen MR) is 127 cm³/mol. The Morgan fingerprint density at radius 3 is 2.48 bits per heavy atom. The lowest BCUT2D eigenvalue weighted by Crippen LogP contribution is -2.43. The molecule has 0 aliphatic carbocycles. The summed E-state index contributed by atoms with van der Waals surface area (Å²) in [4.78, 5) is 27.7. The molecule has 3 rings (SSSR count). The average molecular weight is 423 g/mol. The fraction of sp³-hybridized carbons (Fsp3) is 0.440. The van der Waals surface area contributed by atoms with Crippen LogP contribution in [0.25, 0.3) is 0 Å². The summed E-state index contributed by atoms with van der Waals surface area (Å²) in [5, 5.41) is 8.81. The number of carbonyl (C=O) groups excluding carboxylic acids is 2. The molecule has 0 saturated carbocycles. The number of carbonyl (C=O) groups is 2. The lowest BCUT2D eigenvalue weighted by Gasteiger charge is -2.32. The van der Waals surface area contributed by atoms with Gasteiger partial charge in [-0.2, -0.15) is 0 Å². The van der Waals surface area contributed by atoms with E-state index in [2.05, 4.69) is 45.1 Å². The van der Waals surface area contributed by atoms with E-state index < -0.39 is 0 Å². The Balaban J connectivity index is 1.89. The van der Waals surface area contributed by atoms with E-state index in [0.29, 0.717) is 11.3 Å². The molecule has 31 heavy (non-hydrogen) atoms. The molecule has 0 saturated heterocycles. The van der Waals surface area contributed by atoms with Gasteiger partial charge in [0.2, 0.25) is 0 Å². The smallest absolute Gasteiger partial charge is 0.319 e. The largest absolute Gasteiger partial charge is 0.366 e. The molecule has 3 N–H and O–H groups in total. The number of nitrogens with one attached hydrogen (secondary N) is 3. The van der Waals surface area contributed by atoms with Gasteiger partial charge in [-0.05, 0) is 69.9 Å². The molecule has 1 unspecified atom stereocenters. The highest BCUT2D eigenvalue weighted by molar-refractivity contribution is 6.02. The van der Waals surface area contributed by atoms with Crippen molar-refractivity contribution in [3.8, 4) is 0 Å². The first-order valence-corrected chi connectivity index (χ1v) is 11.0. The van der Waals surface area contributed by atoms with Crippen molar-refractivity contribution in [3.05, 3.63) is 59.2 Å². The SMILES string of the molecule is CCC(C)NC(=O)c1cc(NC(=O)NC(C)(C)C)ccc1N1CCc2ccccc2C1. The topological polar surface area (TPSA) is 73.5 Å². The molecule has 2 aromatic rings. The summed E-state index contributed by atoms with van der Waals surface area (Å²) >= 11 is 0. The summed E-state index contributed by atoms with van der Waals surface area (Å²) in [6, 6.07) is 13.8. The number of rotatable bonds is 5. The van der Waals surface area contributed by atoms with Gasteiger partial charge < -0.3 is 20.9 Å². The van der Waals surface area contributed by atoms with Crippen molar-refractivity contribution >= 4 is 23.3 Å². The molecule has 1 aliphatic heterocycles. The van der Waals surface area contributed by atoms with Crippen LogP contribution in [0.5, 0.6) is 0 Å². The Morgan fingerprint density at radius 1 is 1.10 bits per heavy atom. The van der Waals surface area contributed by atoms with Crippen LogP contribution >= 0.6 is 0 Å². The molecular formula is C25H34N4O2. The summed E-state index contributed by atoms with van der Waals surface area (Å²) in [5.41, 5.74) is 4.36. The van der Waals surface area contributed by atoms with Crippen molar-refractivity contribution in [1.29, 1.82) is 0 Å². The highest BCUT2D eigenvalue weighted by atomic mass is 16.2. The number of benzene rings is 2. The van der Waals surface area contributed by atoms with Gasteiger partial charge in [0.1, 0.15) is 0 Å². The van der Waals surface area contributed by atoms with Crippen LogP contribution in [0.2, 0.25) is 0 Å². The number of hydrogen-bond donors (Lipinski definition) is 3. The lowest BCUT2D eigenvalue weighted by molar-refractivity contribution is 0.0939. The van der Waals surface area contributed by atoms with Crippen LogP contribution in [0.4, 0.5) is 16.2 Å². The van der Waals surface area contributed by atoms with Crippen molar-refractivity contribution < 1.29 is 9.59 Å². The highest BCUT2D eigenvalue weighted by Crippen LogP contribution is 2.29. The Bertz CT molecular complexity index is 949. The van der Waals surface area contributed by atoms with E-state index in [1.165, 1.54) is 11.1 Å². The van der Waals surface area contributed by atoms with Gasteiger partial charge in [0, 0.05) is 36.0 Å². The summed E-state index contributed by atoms with van der Waals surface area (Å²) < 4.78 is 0. The second-order valence-corrected chi connectivity index (χ2v) is 9.28. The molecule has 6 heteroatoms. The molecule has 0 radical (unpaired) electrons. The minimum atomic E-state index is -0.345. The molecule has 0 spiro atoms. The Morgan fingerprint density at radius 2 is 1.81 bits per heavy atom. The van der Waals surface area contributed by atoms with Crippen molar-refractivity contribution in [2.24, 2.45) is 0 Å². The predicted octanol–water partition coefficient (Wildman–Crippen LogP) is 4.70. The zero-order chi connectivity index (χ0) is 22.6. The maximum Gasteiger partial charge on any atom is 0.319 e. The van der Waals surface area contributed by atoms with Gasteiger partial charge in [-0.1, -0.05) is 31.2 Å². The zero-order valence-corrected chi connectivity index (χ0v) is 19.2. The zero-order valence-electron chi connectivity index (χ0n) is 19.2. The van der Waals surface area contributed by atoms with Gasteiger partial charge in [0.25, 0.3) is 5.91 Å². The van der Waals surface area contributed by atoms with Gasteiger partial charge >= 0.3 is 6.03 Å².